The normalized spacial score (nSPS) is 13.0. The molecule has 1 atom stereocenters. The van der Waals surface area contributed by atoms with E-state index in [4.69, 9.17) is 12.2 Å². The van der Waals surface area contributed by atoms with Crippen molar-refractivity contribution in [3.8, 4) is 0 Å². The number of rotatable bonds is 6. The SMILES string of the molecule is CCCCC(CCC)n1c(=S)[nH]c2ccc(C)cc21. The van der Waals surface area contributed by atoms with Crippen molar-refractivity contribution in [3.63, 3.8) is 0 Å². The highest BCUT2D eigenvalue weighted by Gasteiger charge is 2.14. The predicted octanol–water partition coefficient (Wildman–Crippen LogP) is 5.54. The van der Waals surface area contributed by atoms with E-state index in [1.165, 1.54) is 43.2 Å². The second-order valence-corrected chi connectivity index (χ2v) is 5.79. The molecule has 0 amide bonds. The first kappa shape index (κ1) is 14.3. The summed E-state index contributed by atoms with van der Waals surface area (Å²) in [7, 11) is 0. The first-order valence-corrected chi connectivity index (χ1v) is 7.79. The van der Waals surface area contributed by atoms with Gasteiger partial charge in [-0.3, -0.25) is 0 Å². The van der Waals surface area contributed by atoms with Crippen LogP contribution in [0.25, 0.3) is 11.0 Å². The van der Waals surface area contributed by atoms with Gasteiger partial charge in [0.1, 0.15) is 0 Å². The minimum Gasteiger partial charge on any atom is -0.331 e. The van der Waals surface area contributed by atoms with E-state index in [1.807, 2.05) is 0 Å². The van der Waals surface area contributed by atoms with E-state index in [0.717, 1.165) is 10.3 Å². The molecule has 0 aliphatic carbocycles. The number of aromatic nitrogens is 2. The Morgan fingerprint density at radius 1 is 1.21 bits per heavy atom. The molecular formula is C16H24N2S. The van der Waals surface area contributed by atoms with Crippen LogP contribution in [0.1, 0.15) is 57.6 Å². The summed E-state index contributed by atoms with van der Waals surface area (Å²) in [6, 6.07) is 7.06. The molecule has 1 heterocycles. The number of aromatic amines is 1. The number of H-pyrrole nitrogens is 1. The van der Waals surface area contributed by atoms with E-state index < -0.39 is 0 Å². The van der Waals surface area contributed by atoms with Gasteiger partial charge in [-0.2, -0.15) is 0 Å². The first-order chi connectivity index (χ1) is 9.17. The predicted molar refractivity (Wildman–Crippen MR) is 85.3 cm³/mol. The molecule has 1 aromatic heterocycles. The Hall–Kier alpha value is -1.09. The van der Waals surface area contributed by atoms with Gasteiger partial charge in [0.15, 0.2) is 4.77 Å². The zero-order chi connectivity index (χ0) is 13.8. The number of nitrogens with one attached hydrogen (secondary N) is 1. The third-order valence-electron chi connectivity index (χ3n) is 3.75. The van der Waals surface area contributed by atoms with Crippen LogP contribution >= 0.6 is 12.2 Å². The van der Waals surface area contributed by atoms with Gasteiger partial charge in [-0.05, 0) is 49.7 Å². The largest absolute Gasteiger partial charge is 0.331 e. The van der Waals surface area contributed by atoms with Crippen LogP contribution in [0, 0.1) is 11.7 Å². The maximum absolute atomic E-state index is 5.54. The minimum absolute atomic E-state index is 0.535. The van der Waals surface area contributed by atoms with Gasteiger partial charge < -0.3 is 9.55 Å². The Labute approximate surface area is 120 Å². The standard InChI is InChI=1S/C16H24N2S/c1-4-6-8-13(7-5-2)18-15-11-12(3)9-10-14(15)17-16(18)19/h9-11,13H,4-8H2,1-3H3,(H,17,19). The lowest BCUT2D eigenvalue weighted by Gasteiger charge is -2.19. The van der Waals surface area contributed by atoms with E-state index in [-0.39, 0.29) is 0 Å². The van der Waals surface area contributed by atoms with Crippen molar-refractivity contribution in [1.82, 2.24) is 9.55 Å². The molecule has 19 heavy (non-hydrogen) atoms. The molecule has 0 radical (unpaired) electrons. The van der Waals surface area contributed by atoms with Crippen molar-refractivity contribution in [3.05, 3.63) is 28.5 Å². The third kappa shape index (κ3) is 3.08. The lowest BCUT2D eigenvalue weighted by molar-refractivity contribution is 0.422. The number of benzene rings is 1. The Balaban J connectivity index is 2.48. The van der Waals surface area contributed by atoms with E-state index in [0.29, 0.717) is 6.04 Å². The Morgan fingerprint density at radius 3 is 2.68 bits per heavy atom. The van der Waals surface area contributed by atoms with E-state index in [1.54, 1.807) is 0 Å². The monoisotopic (exact) mass is 276 g/mol. The maximum atomic E-state index is 5.54. The van der Waals surface area contributed by atoms with Crippen molar-refractivity contribution >= 4 is 23.3 Å². The molecule has 0 bridgehead atoms. The highest BCUT2D eigenvalue weighted by molar-refractivity contribution is 7.71. The molecule has 1 aromatic carbocycles. The Morgan fingerprint density at radius 2 is 2.00 bits per heavy atom. The molecule has 0 aliphatic heterocycles. The molecule has 1 N–H and O–H groups in total. The van der Waals surface area contributed by atoms with Gasteiger partial charge in [0, 0.05) is 6.04 Å². The molecule has 2 aromatic rings. The zero-order valence-corrected chi connectivity index (χ0v) is 13.0. The topological polar surface area (TPSA) is 20.7 Å². The summed E-state index contributed by atoms with van der Waals surface area (Å²) in [5.74, 6) is 0. The van der Waals surface area contributed by atoms with Crippen molar-refractivity contribution in [1.29, 1.82) is 0 Å². The molecule has 0 saturated carbocycles. The fourth-order valence-corrected chi connectivity index (χ4v) is 3.13. The molecule has 2 nitrogen and oxygen atoms in total. The summed E-state index contributed by atoms with van der Waals surface area (Å²) in [6.45, 7) is 6.64. The summed E-state index contributed by atoms with van der Waals surface area (Å²) < 4.78 is 3.21. The average molecular weight is 276 g/mol. The lowest BCUT2D eigenvalue weighted by atomic mass is 10.0. The number of nitrogens with zero attached hydrogens (tertiary/aromatic N) is 1. The van der Waals surface area contributed by atoms with E-state index in [9.17, 15) is 0 Å². The van der Waals surface area contributed by atoms with Crippen LogP contribution < -0.4 is 0 Å². The van der Waals surface area contributed by atoms with Crippen LogP contribution in [0.15, 0.2) is 18.2 Å². The van der Waals surface area contributed by atoms with E-state index >= 15 is 0 Å². The van der Waals surface area contributed by atoms with Crippen molar-refractivity contribution < 1.29 is 0 Å². The van der Waals surface area contributed by atoms with Gasteiger partial charge in [-0.15, -0.1) is 0 Å². The first-order valence-electron chi connectivity index (χ1n) is 7.38. The highest BCUT2D eigenvalue weighted by Crippen LogP contribution is 2.27. The summed E-state index contributed by atoms with van der Waals surface area (Å²) >= 11 is 5.54. The molecule has 0 aliphatic rings. The minimum atomic E-state index is 0.535. The number of unbranched alkanes of at least 4 members (excludes halogenated alkanes) is 1. The lowest BCUT2D eigenvalue weighted by Crippen LogP contribution is -2.09. The van der Waals surface area contributed by atoms with Crippen LogP contribution in [0.2, 0.25) is 0 Å². The summed E-state index contributed by atoms with van der Waals surface area (Å²) in [6.07, 6.45) is 6.14. The molecule has 104 valence electrons. The van der Waals surface area contributed by atoms with Gasteiger partial charge in [-0.25, -0.2) is 0 Å². The van der Waals surface area contributed by atoms with Crippen LogP contribution in [-0.4, -0.2) is 9.55 Å². The number of imidazole rings is 1. The van der Waals surface area contributed by atoms with Crippen molar-refractivity contribution in [2.45, 2.75) is 58.9 Å². The van der Waals surface area contributed by atoms with Gasteiger partial charge in [0.05, 0.1) is 11.0 Å². The van der Waals surface area contributed by atoms with Gasteiger partial charge in [0.25, 0.3) is 0 Å². The fourth-order valence-electron chi connectivity index (χ4n) is 2.77. The second kappa shape index (κ2) is 6.38. The number of hydrogen-bond donors (Lipinski definition) is 1. The summed E-state index contributed by atoms with van der Waals surface area (Å²) in [5, 5.41) is 0. The molecular weight excluding hydrogens is 252 g/mol. The number of fused-ring (bicyclic) bond motifs is 1. The molecule has 0 spiro atoms. The van der Waals surface area contributed by atoms with Crippen molar-refractivity contribution in [2.24, 2.45) is 0 Å². The molecule has 0 fully saturated rings. The van der Waals surface area contributed by atoms with Crippen LogP contribution in [0.3, 0.4) is 0 Å². The van der Waals surface area contributed by atoms with E-state index in [2.05, 4.69) is 48.5 Å². The molecule has 3 heteroatoms. The quantitative estimate of drug-likeness (QED) is 0.687. The molecule has 0 saturated heterocycles. The third-order valence-corrected chi connectivity index (χ3v) is 4.05. The molecule has 2 rings (SSSR count). The van der Waals surface area contributed by atoms with Crippen LogP contribution in [0.4, 0.5) is 0 Å². The van der Waals surface area contributed by atoms with Gasteiger partial charge in [0.2, 0.25) is 0 Å². The summed E-state index contributed by atoms with van der Waals surface area (Å²) in [4.78, 5) is 3.35. The van der Waals surface area contributed by atoms with Gasteiger partial charge in [-0.1, -0.05) is 39.2 Å². The Bertz CT molecular complexity index is 594. The fraction of sp³-hybridized carbons (Fsp3) is 0.562. The maximum Gasteiger partial charge on any atom is 0.178 e. The van der Waals surface area contributed by atoms with Crippen LogP contribution in [-0.2, 0) is 0 Å². The van der Waals surface area contributed by atoms with Crippen molar-refractivity contribution in [2.75, 3.05) is 0 Å². The highest BCUT2D eigenvalue weighted by atomic mass is 32.1. The Kier molecular flexibility index (Phi) is 4.81. The zero-order valence-electron chi connectivity index (χ0n) is 12.2. The number of hydrogen-bond acceptors (Lipinski definition) is 1. The smallest absolute Gasteiger partial charge is 0.178 e. The molecule has 1 unspecified atom stereocenters. The van der Waals surface area contributed by atoms with Gasteiger partial charge >= 0.3 is 0 Å². The van der Waals surface area contributed by atoms with Crippen LogP contribution in [0.5, 0.6) is 0 Å². The second-order valence-electron chi connectivity index (χ2n) is 5.41. The summed E-state index contributed by atoms with van der Waals surface area (Å²) in [5.41, 5.74) is 3.72. The number of aryl methyl sites for hydroxylation is 1. The average Bonchev–Trinajstić information content (AvgIpc) is 2.70.